The van der Waals surface area contributed by atoms with Gasteiger partial charge < -0.3 is 9.47 Å². The van der Waals surface area contributed by atoms with E-state index >= 15 is 0 Å². The fourth-order valence-electron chi connectivity index (χ4n) is 2.51. The molecular weight excluding hydrogens is 260 g/mol. The molecule has 1 atom stereocenters. The second-order valence-electron chi connectivity index (χ2n) is 5.24. The summed E-state index contributed by atoms with van der Waals surface area (Å²) < 4.78 is 12.0. The van der Waals surface area contributed by atoms with Gasteiger partial charge in [-0.3, -0.25) is 0 Å². The molecule has 1 unspecified atom stereocenters. The average molecular weight is 280 g/mol. The van der Waals surface area contributed by atoms with Crippen molar-refractivity contribution in [3.63, 3.8) is 0 Å². The van der Waals surface area contributed by atoms with E-state index in [9.17, 15) is 0 Å². The molecule has 2 heteroatoms. The summed E-state index contributed by atoms with van der Waals surface area (Å²) in [4.78, 5) is 0. The molecule has 1 aliphatic heterocycles. The van der Waals surface area contributed by atoms with Gasteiger partial charge in [-0.15, -0.1) is 0 Å². The van der Waals surface area contributed by atoms with Crippen molar-refractivity contribution in [3.05, 3.63) is 77.0 Å². The lowest BCUT2D eigenvalue weighted by Gasteiger charge is -2.27. The standard InChI is InChI=1S/C19H20O2/c1-2-8-17-13-16-11-6-7-12-18(16)19(21-17)20-14-15-9-4-3-5-10-15/h3-7,9-13,19H,2,8,14H2,1H3. The van der Waals surface area contributed by atoms with Crippen LogP contribution in [0.5, 0.6) is 0 Å². The summed E-state index contributed by atoms with van der Waals surface area (Å²) in [7, 11) is 0. The summed E-state index contributed by atoms with van der Waals surface area (Å²) in [6.07, 6.45) is 3.83. The molecule has 2 aromatic carbocycles. The van der Waals surface area contributed by atoms with E-state index in [4.69, 9.17) is 9.47 Å². The van der Waals surface area contributed by atoms with E-state index in [1.165, 1.54) is 5.56 Å². The Morgan fingerprint density at radius 1 is 1.00 bits per heavy atom. The number of fused-ring (bicyclic) bond motifs is 1. The van der Waals surface area contributed by atoms with Crippen LogP contribution in [0, 0.1) is 0 Å². The molecule has 2 nitrogen and oxygen atoms in total. The molecular formula is C19H20O2. The fraction of sp³-hybridized carbons (Fsp3) is 0.263. The lowest BCUT2D eigenvalue weighted by atomic mass is 10.0. The van der Waals surface area contributed by atoms with Gasteiger partial charge in [0.05, 0.1) is 6.61 Å². The molecule has 0 spiro atoms. The fourth-order valence-corrected chi connectivity index (χ4v) is 2.51. The van der Waals surface area contributed by atoms with Crippen LogP contribution in [0.2, 0.25) is 0 Å². The quantitative estimate of drug-likeness (QED) is 0.761. The van der Waals surface area contributed by atoms with Crippen molar-refractivity contribution in [2.24, 2.45) is 0 Å². The molecule has 0 aliphatic carbocycles. The second kappa shape index (κ2) is 6.59. The Labute approximate surface area is 126 Å². The van der Waals surface area contributed by atoms with Gasteiger partial charge in [0.2, 0.25) is 6.29 Å². The molecule has 0 N–H and O–H groups in total. The number of allylic oxidation sites excluding steroid dienone is 1. The summed E-state index contributed by atoms with van der Waals surface area (Å²) in [5.74, 6) is 1.01. The third kappa shape index (κ3) is 3.34. The highest BCUT2D eigenvalue weighted by Crippen LogP contribution is 2.34. The highest BCUT2D eigenvalue weighted by molar-refractivity contribution is 5.57. The lowest BCUT2D eigenvalue weighted by molar-refractivity contribution is -0.132. The third-order valence-electron chi connectivity index (χ3n) is 3.57. The molecule has 0 fully saturated rings. The van der Waals surface area contributed by atoms with Gasteiger partial charge >= 0.3 is 0 Å². The number of ether oxygens (including phenoxy) is 2. The minimum Gasteiger partial charge on any atom is -0.465 e. The molecule has 21 heavy (non-hydrogen) atoms. The van der Waals surface area contributed by atoms with E-state index < -0.39 is 0 Å². The normalized spacial score (nSPS) is 16.8. The van der Waals surface area contributed by atoms with Crippen LogP contribution in [0.3, 0.4) is 0 Å². The molecule has 1 aliphatic rings. The number of rotatable bonds is 5. The maximum Gasteiger partial charge on any atom is 0.227 e. The van der Waals surface area contributed by atoms with Crippen LogP contribution in [0.1, 0.15) is 42.7 Å². The largest absolute Gasteiger partial charge is 0.465 e. The van der Waals surface area contributed by atoms with Crippen molar-refractivity contribution in [2.75, 3.05) is 0 Å². The van der Waals surface area contributed by atoms with Crippen LogP contribution >= 0.6 is 0 Å². The first kappa shape index (κ1) is 13.9. The highest BCUT2D eigenvalue weighted by Gasteiger charge is 2.22. The van der Waals surface area contributed by atoms with Crippen LogP contribution in [-0.2, 0) is 16.1 Å². The zero-order valence-electron chi connectivity index (χ0n) is 12.3. The molecule has 0 radical (unpaired) electrons. The van der Waals surface area contributed by atoms with Crippen molar-refractivity contribution >= 4 is 6.08 Å². The Morgan fingerprint density at radius 3 is 2.57 bits per heavy atom. The average Bonchev–Trinajstić information content (AvgIpc) is 2.54. The first-order valence-corrected chi connectivity index (χ1v) is 7.48. The van der Waals surface area contributed by atoms with Crippen molar-refractivity contribution < 1.29 is 9.47 Å². The minimum atomic E-state index is -0.312. The van der Waals surface area contributed by atoms with Crippen LogP contribution in [-0.4, -0.2) is 0 Å². The SMILES string of the molecule is CCCC1=Cc2ccccc2C(OCc2ccccc2)O1. The zero-order valence-corrected chi connectivity index (χ0v) is 12.3. The lowest BCUT2D eigenvalue weighted by Crippen LogP contribution is -2.14. The van der Waals surface area contributed by atoms with E-state index in [0.717, 1.165) is 29.7 Å². The molecule has 0 saturated carbocycles. The van der Waals surface area contributed by atoms with Gasteiger partial charge in [-0.05, 0) is 23.6 Å². The second-order valence-corrected chi connectivity index (χ2v) is 5.24. The Balaban J connectivity index is 1.77. The smallest absolute Gasteiger partial charge is 0.227 e. The van der Waals surface area contributed by atoms with Gasteiger partial charge in [0.1, 0.15) is 5.76 Å². The van der Waals surface area contributed by atoms with Crippen LogP contribution in [0.15, 0.2) is 60.4 Å². The highest BCUT2D eigenvalue weighted by atomic mass is 16.7. The Kier molecular flexibility index (Phi) is 4.37. The molecule has 0 amide bonds. The van der Waals surface area contributed by atoms with Crippen molar-refractivity contribution in [3.8, 4) is 0 Å². The summed E-state index contributed by atoms with van der Waals surface area (Å²) >= 11 is 0. The zero-order chi connectivity index (χ0) is 14.5. The van der Waals surface area contributed by atoms with E-state index in [-0.39, 0.29) is 6.29 Å². The van der Waals surface area contributed by atoms with Crippen LogP contribution < -0.4 is 0 Å². The number of benzene rings is 2. The van der Waals surface area contributed by atoms with E-state index in [2.05, 4.69) is 43.3 Å². The molecule has 0 saturated heterocycles. The Morgan fingerprint density at radius 2 is 1.76 bits per heavy atom. The first-order chi connectivity index (χ1) is 10.4. The van der Waals surface area contributed by atoms with E-state index in [1.807, 2.05) is 24.3 Å². The molecule has 1 heterocycles. The maximum absolute atomic E-state index is 6.01. The summed E-state index contributed by atoms with van der Waals surface area (Å²) in [5, 5.41) is 0. The Bertz CT molecular complexity index is 616. The van der Waals surface area contributed by atoms with Crippen LogP contribution in [0.4, 0.5) is 0 Å². The van der Waals surface area contributed by atoms with E-state index in [1.54, 1.807) is 0 Å². The molecule has 3 rings (SSSR count). The number of hydrogen-bond acceptors (Lipinski definition) is 2. The Hall–Kier alpha value is -2.06. The molecule has 0 aromatic heterocycles. The number of hydrogen-bond donors (Lipinski definition) is 0. The van der Waals surface area contributed by atoms with Crippen molar-refractivity contribution in [2.45, 2.75) is 32.7 Å². The van der Waals surface area contributed by atoms with Crippen molar-refractivity contribution in [1.82, 2.24) is 0 Å². The van der Waals surface area contributed by atoms with Gasteiger partial charge in [-0.25, -0.2) is 0 Å². The predicted octanol–water partition coefficient (Wildman–Crippen LogP) is 5.07. The molecule has 2 aromatic rings. The monoisotopic (exact) mass is 280 g/mol. The van der Waals surface area contributed by atoms with Crippen molar-refractivity contribution in [1.29, 1.82) is 0 Å². The topological polar surface area (TPSA) is 18.5 Å². The van der Waals surface area contributed by atoms with E-state index in [0.29, 0.717) is 6.61 Å². The summed E-state index contributed by atoms with van der Waals surface area (Å²) in [6, 6.07) is 18.5. The summed E-state index contributed by atoms with van der Waals surface area (Å²) in [5.41, 5.74) is 3.46. The van der Waals surface area contributed by atoms with Crippen LogP contribution in [0.25, 0.3) is 6.08 Å². The molecule has 0 bridgehead atoms. The maximum atomic E-state index is 6.01. The van der Waals surface area contributed by atoms with Gasteiger partial charge in [-0.1, -0.05) is 61.5 Å². The van der Waals surface area contributed by atoms with Gasteiger partial charge in [0.15, 0.2) is 0 Å². The molecule has 108 valence electrons. The first-order valence-electron chi connectivity index (χ1n) is 7.48. The predicted molar refractivity (Wildman–Crippen MR) is 84.4 cm³/mol. The van der Waals surface area contributed by atoms with Gasteiger partial charge in [0, 0.05) is 12.0 Å². The third-order valence-corrected chi connectivity index (χ3v) is 3.57. The van der Waals surface area contributed by atoms with Gasteiger partial charge in [-0.2, -0.15) is 0 Å². The minimum absolute atomic E-state index is 0.312. The summed E-state index contributed by atoms with van der Waals surface area (Å²) in [6.45, 7) is 2.71. The van der Waals surface area contributed by atoms with Gasteiger partial charge in [0.25, 0.3) is 0 Å².